The maximum absolute atomic E-state index is 10.4. The molecule has 0 spiro atoms. The number of hydrogen-bond donors (Lipinski definition) is 1. The number of rotatable bonds is 3. The van der Waals surface area contributed by atoms with Crippen LogP contribution in [0.2, 0.25) is 0 Å². The lowest BCUT2D eigenvalue weighted by Gasteiger charge is -2.23. The second-order valence-electron chi connectivity index (χ2n) is 5.20. The molecular weight excluding hydrogens is 160 g/mol. The van der Waals surface area contributed by atoms with E-state index in [4.69, 9.17) is 0 Å². The molecule has 0 aromatic rings. The normalized spacial score (nSPS) is 49.6. The SMILES string of the molecule is CCCC1CC1(O)C1CCCC1C. The molecule has 4 unspecified atom stereocenters. The predicted octanol–water partition coefficient (Wildman–Crippen LogP) is 2.97. The third-order valence-corrected chi connectivity index (χ3v) is 4.26. The van der Waals surface area contributed by atoms with Gasteiger partial charge in [0.15, 0.2) is 0 Å². The summed E-state index contributed by atoms with van der Waals surface area (Å²) >= 11 is 0. The fraction of sp³-hybridized carbons (Fsp3) is 1.00. The quantitative estimate of drug-likeness (QED) is 0.711. The lowest BCUT2D eigenvalue weighted by atomic mass is 9.88. The number of aliphatic hydroxyl groups is 1. The zero-order chi connectivity index (χ0) is 9.47. The minimum atomic E-state index is -0.230. The smallest absolute Gasteiger partial charge is 0.0711 e. The molecule has 2 aliphatic rings. The molecule has 1 heteroatoms. The van der Waals surface area contributed by atoms with Crippen molar-refractivity contribution in [1.29, 1.82) is 0 Å². The average molecular weight is 182 g/mol. The van der Waals surface area contributed by atoms with Crippen molar-refractivity contribution in [2.75, 3.05) is 0 Å². The van der Waals surface area contributed by atoms with Crippen LogP contribution in [0.3, 0.4) is 0 Å². The maximum Gasteiger partial charge on any atom is 0.0711 e. The van der Waals surface area contributed by atoms with Gasteiger partial charge in [0.1, 0.15) is 0 Å². The van der Waals surface area contributed by atoms with Crippen LogP contribution >= 0.6 is 0 Å². The van der Waals surface area contributed by atoms with Crippen molar-refractivity contribution in [2.24, 2.45) is 17.8 Å². The molecule has 2 rings (SSSR count). The summed E-state index contributed by atoms with van der Waals surface area (Å²) in [5.41, 5.74) is -0.230. The van der Waals surface area contributed by atoms with E-state index in [0.29, 0.717) is 11.8 Å². The van der Waals surface area contributed by atoms with Crippen LogP contribution in [-0.4, -0.2) is 10.7 Å². The first-order valence-electron chi connectivity index (χ1n) is 5.91. The third-order valence-electron chi connectivity index (χ3n) is 4.26. The molecule has 0 aromatic heterocycles. The third kappa shape index (κ3) is 1.52. The highest BCUT2D eigenvalue weighted by molar-refractivity contribution is 5.09. The molecule has 0 aliphatic heterocycles. The van der Waals surface area contributed by atoms with Crippen LogP contribution in [0, 0.1) is 17.8 Å². The highest BCUT2D eigenvalue weighted by Gasteiger charge is 2.58. The Morgan fingerprint density at radius 1 is 1.38 bits per heavy atom. The zero-order valence-corrected chi connectivity index (χ0v) is 8.92. The van der Waals surface area contributed by atoms with Crippen molar-refractivity contribution >= 4 is 0 Å². The van der Waals surface area contributed by atoms with Gasteiger partial charge < -0.3 is 5.11 Å². The molecule has 4 atom stereocenters. The van der Waals surface area contributed by atoms with Crippen LogP contribution in [0.5, 0.6) is 0 Å². The molecule has 2 saturated carbocycles. The van der Waals surface area contributed by atoms with Crippen LogP contribution in [0.15, 0.2) is 0 Å². The number of hydrogen-bond acceptors (Lipinski definition) is 1. The van der Waals surface area contributed by atoms with E-state index in [1.54, 1.807) is 0 Å². The van der Waals surface area contributed by atoms with E-state index >= 15 is 0 Å². The summed E-state index contributed by atoms with van der Waals surface area (Å²) in [6.07, 6.45) is 7.51. The molecule has 0 heterocycles. The average Bonchev–Trinajstić information content (AvgIpc) is 2.56. The summed E-state index contributed by atoms with van der Waals surface area (Å²) in [6, 6.07) is 0. The van der Waals surface area contributed by atoms with Crippen molar-refractivity contribution in [3.05, 3.63) is 0 Å². The molecule has 0 saturated heterocycles. The van der Waals surface area contributed by atoms with Gasteiger partial charge in [0.2, 0.25) is 0 Å². The van der Waals surface area contributed by atoms with Crippen molar-refractivity contribution in [2.45, 2.75) is 58.0 Å². The van der Waals surface area contributed by atoms with Crippen molar-refractivity contribution in [3.63, 3.8) is 0 Å². The summed E-state index contributed by atoms with van der Waals surface area (Å²) in [5.74, 6) is 2.04. The Morgan fingerprint density at radius 2 is 2.15 bits per heavy atom. The molecule has 2 aliphatic carbocycles. The van der Waals surface area contributed by atoms with Crippen LogP contribution in [-0.2, 0) is 0 Å². The van der Waals surface area contributed by atoms with Gasteiger partial charge in [0.05, 0.1) is 5.60 Å². The first-order valence-corrected chi connectivity index (χ1v) is 5.91. The summed E-state index contributed by atoms with van der Waals surface area (Å²) in [7, 11) is 0. The fourth-order valence-corrected chi connectivity index (χ4v) is 3.38. The minimum absolute atomic E-state index is 0.230. The Labute approximate surface area is 81.5 Å². The molecule has 1 nitrogen and oxygen atoms in total. The molecule has 1 N–H and O–H groups in total. The maximum atomic E-state index is 10.4. The fourth-order valence-electron chi connectivity index (χ4n) is 3.38. The Hall–Kier alpha value is -0.0400. The van der Waals surface area contributed by atoms with Gasteiger partial charge in [-0.05, 0) is 37.0 Å². The topological polar surface area (TPSA) is 20.2 Å². The van der Waals surface area contributed by atoms with Crippen LogP contribution in [0.1, 0.15) is 52.4 Å². The van der Waals surface area contributed by atoms with Gasteiger partial charge in [0, 0.05) is 0 Å². The van der Waals surface area contributed by atoms with E-state index in [-0.39, 0.29) is 5.60 Å². The molecule has 76 valence electrons. The summed E-state index contributed by atoms with van der Waals surface area (Å²) in [5, 5.41) is 10.4. The monoisotopic (exact) mass is 182 g/mol. The zero-order valence-electron chi connectivity index (χ0n) is 8.92. The van der Waals surface area contributed by atoms with Gasteiger partial charge in [0.25, 0.3) is 0 Å². The van der Waals surface area contributed by atoms with Crippen LogP contribution < -0.4 is 0 Å². The molecule has 13 heavy (non-hydrogen) atoms. The van der Waals surface area contributed by atoms with Gasteiger partial charge in [-0.3, -0.25) is 0 Å². The van der Waals surface area contributed by atoms with Crippen molar-refractivity contribution in [3.8, 4) is 0 Å². The Balaban J connectivity index is 1.94. The standard InChI is InChI=1S/C12H22O/c1-3-5-10-8-12(10,13)11-7-4-6-9(11)2/h9-11,13H,3-8H2,1-2H3. The van der Waals surface area contributed by atoms with Gasteiger partial charge in [-0.25, -0.2) is 0 Å². The molecular formula is C12H22O. The molecule has 0 amide bonds. The Morgan fingerprint density at radius 3 is 2.69 bits per heavy atom. The molecule has 0 radical (unpaired) electrons. The van der Waals surface area contributed by atoms with E-state index in [1.807, 2.05) is 0 Å². The minimum Gasteiger partial charge on any atom is -0.389 e. The lowest BCUT2D eigenvalue weighted by Crippen LogP contribution is -2.26. The van der Waals surface area contributed by atoms with Gasteiger partial charge in [-0.2, -0.15) is 0 Å². The van der Waals surface area contributed by atoms with Crippen LogP contribution in [0.4, 0.5) is 0 Å². The van der Waals surface area contributed by atoms with Crippen molar-refractivity contribution in [1.82, 2.24) is 0 Å². The largest absolute Gasteiger partial charge is 0.389 e. The van der Waals surface area contributed by atoms with Gasteiger partial charge >= 0.3 is 0 Å². The molecule has 0 bridgehead atoms. The Kier molecular flexibility index (Phi) is 2.39. The summed E-state index contributed by atoms with van der Waals surface area (Å²) < 4.78 is 0. The Bertz CT molecular complexity index is 190. The van der Waals surface area contributed by atoms with Crippen LogP contribution in [0.25, 0.3) is 0 Å². The van der Waals surface area contributed by atoms with Crippen molar-refractivity contribution < 1.29 is 5.11 Å². The first-order chi connectivity index (χ1) is 6.18. The van der Waals surface area contributed by atoms with E-state index in [0.717, 1.165) is 12.3 Å². The van der Waals surface area contributed by atoms with Gasteiger partial charge in [-0.1, -0.05) is 33.1 Å². The molecule has 2 fully saturated rings. The van der Waals surface area contributed by atoms with E-state index in [1.165, 1.54) is 32.1 Å². The second kappa shape index (κ2) is 3.27. The van der Waals surface area contributed by atoms with E-state index in [2.05, 4.69) is 13.8 Å². The summed E-state index contributed by atoms with van der Waals surface area (Å²) in [6.45, 7) is 4.54. The van der Waals surface area contributed by atoms with E-state index < -0.39 is 0 Å². The second-order valence-corrected chi connectivity index (χ2v) is 5.20. The first kappa shape index (κ1) is 9.51. The predicted molar refractivity (Wildman–Crippen MR) is 54.5 cm³/mol. The highest BCUT2D eigenvalue weighted by atomic mass is 16.3. The summed E-state index contributed by atoms with van der Waals surface area (Å²) in [4.78, 5) is 0. The van der Waals surface area contributed by atoms with E-state index in [9.17, 15) is 5.11 Å². The molecule has 0 aromatic carbocycles. The highest BCUT2D eigenvalue weighted by Crippen LogP contribution is 2.57. The lowest BCUT2D eigenvalue weighted by molar-refractivity contribution is 0.0475. The van der Waals surface area contributed by atoms with Gasteiger partial charge in [-0.15, -0.1) is 0 Å².